The van der Waals surface area contributed by atoms with E-state index < -0.39 is 12.6 Å². The minimum atomic E-state index is -4.11. The molecule has 1 rings (SSSR count). The molecule has 1 heterocycles. The first-order valence-corrected chi connectivity index (χ1v) is 5.65. The summed E-state index contributed by atoms with van der Waals surface area (Å²) in [4.78, 5) is 0. The van der Waals surface area contributed by atoms with Gasteiger partial charge in [0.1, 0.15) is 0 Å². The van der Waals surface area contributed by atoms with E-state index in [1.807, 2.05) is 19.9 Å². The zero-order valence-electron chi connectivity index (χ0n) is 10.3. The van der Waals surface area contributed by atoms with Gasteiger partial charge in [0.2, 0.25) is 0 Å². The van der Waals surface area contributed by atoms with E-state index in [4.69, 9.17) is 0 Å². The Labute approximate surface area is 99.0 Å². The highest BCUT2D eigenvalue weighted by Crippen LogP contribution is 2.27. The normalized spacial score (nSPS) is 14.0. The highest BCUT2D eigenvalue weighted by atomic mass is 19.4. The highest BCUT2D eigenvalue weighted by Gasteiger charge is 2.29. The molecule has 1 aromatic heterocycles. The molecule has 6 heteroatoms. The van der Waals surface area contributed by atoms with Gasteiger partial charge in [0.05, 0.1) is 11.4 Å². The summed E-state index contributed by atoms with van der Waals surface area (Å²) in [6.07, 6.45) is -4.86. The summed E-state index contributed by atoms with van der Waals surface area (Å²) in [6.45, 7) is 4.42. The van der Waals surface area contributed by atoms with Crippen molar-refractivity contribution < 1.29 is 13.2 Å². The van der Waals surface area contributed by atoms with Crippen molar-refractivity contribution in [3.05, 3.63) is 17.5 Å². The van der Waals surface area contributed by atoms with Crippen molar-refractivity contribution in [1.29, 1.82) is 0 Å². The Hall–Kier alpha value is -1.04. The first-order chi connectivity index (χ1) is 7.87. The van der Waals surface area contributed by atoms with Gasteiger partial charge in [-0.25, -0.2) is 0 Å². The summed E-state index contributed by atoms with van der Waals surface area (Å²) in [7, 11) is 1.67. The third-order valence-electron chi connectivity index (χ3n) is 2.65. The third-order valence-corrected chi connectivity index (χ3v) is 2.65. The van der Waals surface area contributed by atoms with Gasteiger partial charge in [0.25, 0.3) is 0 Å². The van der Waals surface area contributed by atoms with Crippen LogP contribution in [0.3, 0.4) is 0 Å². The fraction of sp³-hybridized carbons (Fsp3) is 0.727. The van der Waals surface area contributed by atoms with E-state index in [1.54, 1.807) is 11.7 Å². The second-order valence-corrected chi connectivity index (χ2v) is 4.02. The predicted octanol–water partition coefficient (Wildman–Crippen LogP) is 2.81. The molecule has 0 fully saturated rings. The number of hydrogen-bond acceptors (Lipinski definition) is 2. The summed E-state index contributed by atoms with van der Waals surface area (Å²) in [5, 5.41) is 7.16. The lowest BCUT2D eigenvalue weighted by Crippen LogP contribution is -2.22. The minimum Gasteiger partial charge on any atom is -0.312 e. The maximum Gasteiger partial charge on any atom is 0.389 e. The number of aryl methyl sites for hydroxylation is 2. The number of nitrogens with one attached hydrogen (secondary N) is 1. The van der Waals surface area contributed by atoms with E-state index in [1.165, 1.54) is 0 Å². The summed E-state index contributed by atoms with van der Waals surface area (Å²) in [6, 6.07) is 1.53. The minimum absolute atomic E-state index is 0.0329. The number of rotatable bonds is 5. The van der Waals surface area contributed by atoms with E-state index in [-0.39, 0.29) is 12.5 Å². The summed E-state index contributed by atoms with van der Waals surface area (Å²) in [5.74, 6) is 0. The van der Waals surface area contributed by atoms with E-state index >= 15 is 0 Å². The van der Waals surface area contributed by atoms with Gasteiger partial charge in [0.15, 0.2) is 0 Å². The highest BCUT2D eigenvalue weighted by molar-refractivity contribution is 5.13. The zero-order valence-corrected chi connectivity index (χ0v) is 10.3. The molecule has 0 aliphatic heterocycles. The molecular weight excluding hydrogens is 231 g/mol. The molecule has 0 saturated heterocycles. The Kier molecular flexibility index (Phi) is 4.56. The van der Waals surface area contributed by atoms with E-state index in [0.29, 0.717) is 6.54 Å². The Morgan fingerprint density at radius 3 is 2.59 bits per heavy atom. The van der Waals surface area contributed by atoms with Crippen LogP contribution in [0.4, 0.5) is 13.2 Å². The van der Waals surface area contributed by atoms with Gasteiger partial charge < -0.3 is 5.32 Å². The number of alkyl halides is 3. The van der Waals surface area contributed by atoms with Crippen molar-refractivity contribution in [2.45, 2.75) is 45.5 Å². The average molecular weight is 249 g/mol. The first-order valence-electron chi connectivity index (χ1n) is 5.65. The molecule has 1 N–H and O–H groups in total. The fourth-order valence-electron chi connectivity index (χ4n) is 1.85. The maximum absolute atomic E-state index is 12.2. The Morgan fingerprint density at radius 2 is 2.12 bits per heavy atom. The number of hydrogen-bond donors (Lipinski definition) is 1. The fourth-order valence-corrected chi connectivity index (χ4v) is 1.85. The number of halogens is 3. The molecule has 0 spiro atoms. The van der Waals surface area contributed by atoms with Gasteiger partial charge in [-0.3, -0.25) is 4.68 Å². The molecule has 3 nitrogen and oxygen atoms in total. The van der Waals surface area contributed by atoms with Crippen molar-refractivity contribution in [3.8, 4) is 0 Å². The van der Waals surface area contributed by atoms with E-state index in [9.17, 15) is 13.2 Å². The summed E-state index contributed by atoms with van der Waals surface area (Å²) in [5.41, 5.74) is 1.64. The van der Waals surface area contributed by atoms with Crippen LogP contribution in [0.25, 0.3) is 0 Å². The van der Waals surface area contributed by atoms with Crippen molar-refractivity contribution in [2.75, 3.05) is 7.05 Å². The predicted molar refractivity (Wildman–Crippen MR) is 59.7 cm³/mol. The van der Waals surface area contributed by atoms with Gasteiger partial charge in [-0.15, -0.1) is 0 Å². The van der Waals surface area contributed by atoms with Crippen LogP contribution in [0, 0.1) is 6.92 Å². The molecule has 1 aromatic rings. The van der Waals surface area contributed by atoms with Crippen LogP contribution in [0.2, 0.25) is 0 Å². The van der Waals surface area contributed by atoms with Crippen molar-refractivity contribution in [3.63, 3.8) is 0 Å². The molecule has 0 radical (unpaired) electrons. The molecular formula is C11H18F3N3. The van der Waals surface area contributed by atoms with Crippen LogP contribution in [0.5, 0.6) is 0 Å². The molecule has 0 bridgehead atoms. The number of aromatic nitrogens is 2. The van der Waals surface area contributed by atoms with Crippen LogP contribution >= 0.6 is 0 Å². The SMILES string of the molecule is CCn1nc(C)cc1C(CCC(F)(F)F)NC. The van der Waals surface area contributed by atoms with Gasteiger partial charge in [-0.1, -0.05) is 0 Å². The standard InChI is InChI=1S/C11H18F3N3/c1-4-17-10(7-8(2)16-17)9(15-3)5-6-11(12,13)14/h7,9,15H,4-6H2,1-3H3. The second kappa shape index (κ2) is 5.53. The first kappa shape index (κ1) is 14.0. The number of nitrogens with zero attached hydrogens (tertiary/aromatic N) is 2. The molecule has 17 heavy (non-hydrogen) atoms. The van der Waals surface area contributed by atoms with Crippen LogP contribution in [-0.2, 0) is 6.54 Å². The Morgan fingerprint density at radius 1 is 1.47 bits per heavy atom. The van der Waals surface area contributed by atoms with Crippen LogP contribution in [0.1, 0.15) is 37.2 Å². The molecule has 1 unspecified atom stereocenters. The van der Waals surface area contributed by atoms with Gasteiger partial charge >= 0.3 is 6.18 Å². The molecule has 0 aliphatic rings. The largest absolute Gasteiger partial charge is 0.389 e. The Balaban J connectivity index is 2.78. The maximum atomic E-state index is 12.2. The van der Waals surface area contributed by atoms with Crippen molar-refractivity contribution in [1.82, 2.24) is 15.1 Å². The monoisotopic (exact) mass is 249 g/mol. The smallest absolute Gasteiger partial charge is 0.312 e. The Bertz CT molecular complexity index is 357. The van der Waals surface area contributed by atoms with E-state index in [2.05, 4.69) is 10.4 Å². The average Bonchev–Trinajstić information content (AvgIpc) is 2.59. The molecule has 0 saturated carbocycles. The van der Waals surface area contributed by atoms with Gasteiger partial charge in [-0.2, -0.15) is 18.3 Å². The quantitative estimate of drug-likeness (QED) is 0.869. The molecule has 1 atom stereocenters. The molecule has 0 aliphatic carbocycles. The topological polar surface area (TPSA) is 29.9 Å². The molecule has 98 valence electrons. The molecule has 0 amide bonds. The zero-order chi connectivity index (χ0) is 13.1. The molecule has 0 aromatic carbocycles. The van der Waals surface area contributed by atoms with Crippen LogP contribution < -0.4 is 5.32 Å². The third kappa shape index (κ3) is 4.03. The summed E-state index contributed by atoms with van der Waals surface area (Å²) >= 11 is 0. The lowest BCUT2D eigenvalue weighted by atomic mass is 10.1. The lowest BCUT2D eigenvalue weighted by Gasteiger charge is -2.18. The van der Waals surface area contributed by atoms with Crippen molar-refractivity contribution in [2.24, 2.45) is 0 Å². The van der Waals surface area contributed by atoms with Crippen LogP contribution in [0.15, 0.2) is 6.07 Å². The lowest BCUT2D eigenvalue weighted by molar-refractivity contribution is -0.136. The van der Waals surface area contributed by atoms with E-state index in [0.717, 1.165) is 11.4 Å². The van der Waals surface area contributed by atoms with Gasteiger partial charge in [0, 0.05) is 19.0 Å². The van der Waals surface area contributed by atoms with Crippen LogP contribution in [-0.4, -0.2) is 23.0 Å². The van der Waals surface area contributed by atoms with Gasteiger partial charge in [-0.05, 0) is 33.4 Å². The second-order valence-electron chi connectivity index (χ2n) is 4.02. The van der Waals surface area contributed by atoms with Crippen molar-refractivity contribution >= 4 is 0 Å². The summed E-state index contributed by atoms with van der Waals surface area (Å²) < 4.78 is 38.4.